The van der Waals surface area contributed by atoms with Crippen LogP contribution in [-0.2, 0) is 6.54 Å². The molecule has 1 aromatic carbocycles. The molecule has 0 amide bonds. The lowest BCUT2D eigenvalue weighted by atomic mass is 10.1. The molecule has 0 fully saturated rings. The van der Waals surface area contributed by atoms with Gasteiger partial charge in [0.2, 0.25) is 0 Å². The smallest absolute Gasteiger partial charge is 0.125 e. The fourth-order valence-electron chi connectivity index (χ4n) is 2.20. The summed E-state index contributed by atoms with van der Waals surface area (Å²) in [5.74, 6) is 1.06. The van der Waals surface area contributed by atoms with Crippen molar-refractivity contribution in [2.24, 2.45) is 0 Å². The average molecular weight is 235 g/mol. The fourth-order valence-corrected chi connectivity index (χ4v) is 2.20. The first kappa shape index (κ1) is 14.0. The molecule has 96 valence electrons. The maximum absolute atomic E-state index is 6.03. The fraction of sp³-hybridized carbons (Fsp3) is 0.600. The Morgan fingerprint density at radius 3 is 2.29 bits per heavy atom. The van der Waals surface area contributed by atoms with E-state index in [1.807, 2.05) is 7.05 Å². The highest BCUT2D eigenvalue weighted by Gasteiger charge is 2.09. The van der Waals surface area contributed by atoms with Gasteiger partial charge in [-0.25, -0.2) is 0 Å². The average Bonchev–Trinajstić information content (AvgIpc) is 2.24. The lowest BCUT2D eigenvalue weighted by Gasteiger charge is -2.19. The topological polar surface area (TPSA) is 21.3 Å². The minimum Gasteiger partial charge on any atom is -0.490 e. The summed E-state index contributed by atoms with van der Waals surface area (Å²) in [6.45, 7) is 9.49. The van der Waals surface area contributed by atoms with Gasteiger partial charge < -0.3 is 10.1 Å². The Morgan fingerprint density at radius 1 is 1.24 bits per heavy atom. The standard InChI is InChI=1S/C15H25NO/c1-6-7-13(4)17-15-11(2)8-14(10-16-5)9-12(15)3/h8-9,13,16H,6-7,10H2,1-5H3. The van der Waals surface area contributed by atoms with Gasteiger partial charge in [-0.3, -0.25) is 0 Å². The summed E-state index contributed by atoms with van der Waals surface area (Å²) in [5.41, 5.74) is 3.79. The van der Waals surface area contributed by atoms with Gasteiger partial charge in [-0.05, 0) is 50.9 Å². The molecule has 0 aliphatic carbocycles. The van der Waals surface area contributed by atoms with E-state index in [2.05, 4.69) is 45.1 Å². The first-order chi connectivity index (χ1) is 8.08. The number of hydrogen-bond acceptors (Lipinski definition) is 2. The molecule has 0 aliphatic heterocycles. The van der Waals surface area contributed by atoms with Gasteiger partial charge in [0, 0.05) is 6.54 Å². The molecule has 1 N–H and O–H groups in total. The molecule has 1 atom stereocenters. The van der Waals surface area contributed by atoms with Crippen molar-refractivity contribution in [3.05, 3.63) is 28.8 Å². The second kappa shape index (κ2) is 6.65. The number of rotatable bonds is 6. The monoisotopic (exact) mass is 235 g/mol. The van der Waals surface area contributed by atoms with E-state index in [-0.39, 0.29) is 0 Å². The zero-order valence-corrected chi connectivity index (χ0v) is 11.8. The minimum absolute atomic E-state index is 0.299. The van der Waals surface area contributed by atoms with Crippen molar-refractivity contribution in [1.29, 1.82) is 0 Å². The number of benzene rings is 1. The molecule has 1 aromatic rings. The molecule has 0 spiro atoms. The molecule has 2 heteroatoms. The van der Waals surface area contributed by atoms with Gasteiger partial charge in [-0.15, -0.1) is 0 Å². The molecule has 0 aliphatic rings. The van der Waals surface area contributed by atoms with E-state index in [9.17, 15) is 0 Å². The number of hydrogen-bond donors (Lipinski definition) is 1. The molecule has 0 saturated carbocycles. The Hall–Kier alpha value is -1.02. The maximum Gasteiger partial charge on any atom is 0.125 e. The third-order valence-electron chi connectivity index (χ3n) is 2.92. The number of aryl methyl sites for hydroxylation is 2. The van der Waals surface area contributed by atoms with Crippen molar-refractivity contribution in [3.63, 3.8) is 0 Å². The maximum atomic E-state index is 6.03. The Balaban J connectivity index is 2.85. The van der Waals surface area contributed by atoms with Crippen molar-refractivity contribution in [1.82, 2.24) is 5.32 Å². The van der Waals surface area contributed by atoms with Crippen molar-refractivity contribution in [2.45, 2.75) is 53.2 Å². The molecule has 0 aromatic heterocycles. The van der Waals surface area contributed by atoms with Crippen LogP contribution in [0.15, 0.2) is 12.1 Å². The Bertz CT molecular complexity index is 337. The molecule has 1 unspecified atom stereocenters. The summed E-state index contributed by atoms with van der Waals surface area (Å²) in [7, 11) is 1.97. The molecule has 2 nitrogen and oxygen atoms in total. The first-order valence-electron chi connectivity index (χ1n) is 6.49. The van der Waals surface area contributed by atoms with Crippen LogP contribution in [0, 0.1) is 13.8 Å². The zero-order valence-electron chi connectivity index (χ0n) is 11.8. The zero-order chi connectivity index (χ0) is 12.8. The van der Waals surface area contributed by atoms with Crippen molar-refractivity contribution in [2.75, 3.05) is 7.05 Å². The highest BCUT2D eigenvalue weighted by atomic mass is 16.5. The molecule has 0 heterocycles. The van der Waals surface area contributed by atoms with Crippen LogP contribution < -0.4 is 10.1 Å². The quantitative estimate of drug-likeness (QED) is 0.813. The lowest BCUT2D eigenvalue weighted by molar-refractivity contribution is 0.207. The summed E-state index contributed by atoms with van der Waals surface area (Å²) in [5, 5.41) is 3.18. The van der Waals surface area contributed by atoms with Crippen LogP contribution in [0.5, 0.6) is 5.75 Å². The van der Waals surface area contributed by atoms with Gasteiger partial charge in [0.1, 0.15) is 5.75 Å². The largest absolute Gasteiger partial charge is 0.490 e. The molecule has 0 radical (unpaired) electrons. The Kier molecular flexibility index (Phi) is 5.49. The number of nitrogens with one attached hydrogen (secondary N) is 1. The number of ether oxygens (including phenoxy) is 1. The molecule has 0 saturated heterocycles. The van der Waals surface area contributed by atoms with Gasteiger partial charge in [0.05, 0.1) is 6.10 Å². The molecular formula is C15H25NO. The normalized spacial score (nSPS) is 12.5. The van der Waals surface area contributed by atoms with E-state index in [0.29, 0.717) is 6.10 Å². The van der Waals surface area contributed by atoms with E-state index in [4.69, 9.17) is 4.74 Å². The first-order valence-corrected chi connectivity index (χ1v) is 6.49. The van der Waals surface area contributed by atoms with Crippen LogP contribution in [0.2, 0.25) is 0 Å². The van der Waals surface area contributed by atoms with Crippen LogP contribution >= 0.6 is 0 Å². The van der Waals surface area contributed by atoms with Crippen LogP contribution in [-0.4, -0.2) is 13.2 Å². The summed E-state index contributed by atoms with van der Waals surface area (Å²) < 4.78 is 6.03. The minimum atomic E-state index is 0.299. The van der Waals surface area contributed by atoms with Crippen molar-refractivity contribution < 1.29 is 4.74 Å². The van der Waals surface area contributed by atoms with Crippen LogP contribution in [0.4, 0.5) is 0 Å². The predicted octanol–water partition coefficient (Wildman–Crippen LogP) is 3.59. The third kappa shape index (κ3) is 4.04. The van der Waals surface area contributed by atoms with Gasteiger partial charge >= 0.3 is 0 Å². The molecule has 0 bridgehead atoms. The Labute approximate surface area is 105 Å². The third-order valence-corrected chi connectivity index (χ3v) is 2.92. The van der Waals surface area contributed by atoms with E-state index in [0.717, 1.165) is 25.1 Å². The summed E-state index contributed by atoms with van der Waals surface area (Å²) >= 11 is 0. The van der Waals surface area contributed by atoms with Crippen LogP contribution in [0.1, 0.15) is 43.4 Å². The van der Waals surface area contributed by atoms with E-state index < -0.39 is 0 Å². The predicted molar refractivity (Wildman–Crippen MR) is 73.7 cm³/mol. The van der Waals surface area contributed by atoms with Crippen molar-refractivity contribution >= 4 is 0 Å². The van der Waals surface area contributed by atoms with Gasteiger partial charge in [0.25, 0.3) is 0 Å². The summed E-state index contributed by atoms with van der Waals surface area (Å²) in [4.78, 5) is 0. The van der Waals surface area contributed by atoms with E-state index in [1.165, 1.54) is 16.7 Å². The van der Waals surface area contributed by atoms with E-state index in [1.54, 1.807) is 0 Å². The van der Waals surface area contributed by atoms with Gasteiger partial charge in [-0.1, -0.05) is 25.5 Å². The molecule has 17 heavy (non-hydrogen) atoms. The van der Waals surface area contributed by atoms with Gasteiger partial charge in [0.15, 0.2) is 0 Å². The second-order valence-corrected chi connectivity index (χ2v) is 4.81. The van der Waals surface area contributed by atoms with Gasteiger partial charge in [-0.2, -0.15) is 0 Å². The summed E-state index contributed by atoms with van der Waals surface area (Å²) in [6.07, 6.45) is 2.57. The molecular weight excluding hydrogens is 210 g/mol. The molecule has 1 rings (SSSR count). The van der Waals surface area contributed by atoms with Crippen molar-refractivity contribution in [3.8, 4) is 5.75 Å². The highest BCUT2D eigenvalue weighted by molar-refractivity contribution is 5.43. The SMILES string of the molecule is CCCC(C)Oc1c(C)cc(CNC)cc1C. The van der Waals surface area contributed by atoms with E-state index >= 15 is 0 Å². The second-order valence-electron chi connectivity index (χ2n) is 4.81. The lowest BCUT2D eigenvalue weighted by Crippen LogP contribution is -2.13. The Morgan fingerprint density at radius 2 is 1.82 bits per heavy atom. The van der Waals surface area contributed by atoms with Crippen LogP contribution in [0.25, 0.3) is 0 Å². The van der Waals surface area contributed by atoms with Crippen LogP contribution in [0.3, 0.4) is 0 Å². The highest BCUT2D eigenvalue weighted by Crippen LogP contribution is 2.26. The summed E-state index contributed by atoms with van der Waals surface area (Å²) in [6, 6.07) is 4.41.